The maximum atomic E-state index is 6.09. The molecule has 1 aromatic carbocycles. The van der Waals surface area contributed by atoms with Crippen molar-refractivity contribution in [3.8, 4) is 0 Å². The van der Waals surface area contributed by atoms with Crippen LogP contribution in [0.25, 0.3) is 11.0 Å². The normalized spacial score (nSPS) is 18.4. The highest BCUT2D eigenvalue weighted by Crippen LogP contribution is 2.27. The maximum absolute atomic E-state index is 6.09. The molecule has 1 heterocycles. The summed E-state index contributed by atoms with van der Waals surface area (Å²) in [6.07, 6.45) is 11.6. The van der Waals surface area contributed by atoms with E-state index >= 15 is 0 Å². The summed E-state index contributed by atoms with van der Waals surface area (Å²) >= 11 is 0. The van der Waals surface area contributed by atoms with Crippen LogP contribution in [-0.2, 0) is 13.0 Å². The van der Waals surface area contributed by atoms with E-state index in [9.17, 15) is 0 Å². The van der Waals surface area contributed by atoms with Crippen LogP contribution in [0.4, 0.5) is 0 Å². The van der Waals surface area contributed by atoms with Gasteiger partial charge in [0.15, 0.2) is 0 Å². The molecule has 0 spiro atoms. The molecular formula is C19H25NO. The second-order valence-electron chi connectivity index (χ2n) is 5.97. The molecule has 112 valence electrons. The fourth-order valence-electron chi connectivity index (χ4n) is 3.11. The molecule has 0 fully saturated rings. The van der Waals surface area contributed by atoms with Crippen LogP contribution in [0.5, 0.6) is 0 Å². The van der Waals surface area contributed by atoms with Gasteiger partial charge in [-0.15, -0.1) is 0 Å². The standard InChI is InChI=1S/C19H25NO/c1-2-3-12-19-17(14-20-15-9-5-4-6-10-15)16-11-7-8-13-18(16)21-19/h4-5,7-8,11,13,15,20H,2-3,6,9-10,12,14H2,1H3. The van der Waals surface area contributed by atoms with Gasteiger partial charge in [-0.25, -0.2) is 0 Å². The van der Waals surface area contributed by atoms with E-state index in [4.69, 9.17) is 4.42 Å². The van der Waals surface area contributed by atoms with Crippen LogP contribution in [-0.4, -0.2) is 6.04 Å². The van der Waals surface area contributed by atoms with Gasteiger partial charge in [-0.1, -0.05) is 43.7 Å². The minimum atomic E-state index is 0.614. The largest absolute Gasteiger partial charge is 0.461 e. The number of para-hydroxylation sites is 1. The van der Waals surface area contributed by atoms with Crippen molar-refractivity contribution in [2.45, 2.75) is 58.0 Å². The number of fused-ring (bicyclic) bond motifs is 1. The van der Waals surface area contributed by atoms with Crippen LogP contribution in [0, 0.1) is 0 Å². The van der Waals surface area contributed by atoms with Crippen molar-refractivity contribution in [1.29, 1.82) is 0 Å². The van der Waals surface area contributed by atoms with Gasteiger partial charge in [-0.05, 0) is 31.7 Å². The van der Waals surface area contributed by atoms with Crippen molar-refractivity contribution >= 4 is 11.0 Å². The molecule has 1 aromatic heterocycles. The molecule has 2 heteroatoms. The third-order valence-corrected chi connectivity index (χ3v) is 4.38. The molecule has 0 saturated carbocycles. The molecule has 1 atom stereocenters. The SMILES string of the molecule is CCCCc1oc2ccccc2c1CNC1CC=CCC1. The number of rotatable bonds is 6. The number of furan rings is 1. The van der Waals surface area contributed by atoms with Gasteiger partial charge < -0.3 is 9.73 Å². The van der Waals surface area contributed by atoms with E-state index < -0.39 is 0 Å². The second-order valence-corrected chi connectivity index (χ2v) is 5.97. The minimum Gasteiger partial charge on any atom is -0.461 e. The molecule has 2 nitrogen and oxygen atoms in total. The van der Waals surface area contributed by atoms with Crippen molar-refractivity contribution in [2.24, 2.45) is 0 Å². The number of benzene rings is 1. The topological polar surface area (TPSA) is 25.2 Å². The summed E-state index contributed by atoms with van der Waals surface area (Å²) in [4.78, 5) is 0. The Labute approximate surface area is 127 Å². The van der Waals surface area contributed by atoms with Crippen molar-refractivity contribution in [3.05, 3.63) is 47.7 Å². The predicted molar refractivity (Wildman–Crippen MR) is 88.4 cm³/mol. The molecule has 2 aromatic rings. The number of nitrogens with one attached hydrogen (secondary N) is 1. The number of hydrogen-bond acceptors (Lipinski definition) is 2. The Kier molecular flexibility index (Phi) is 4.76. The molecule has 0 bridgehead atoms. The summed E-state index contributed by atoms with van der Waals surface area (Å²) in [7, 11) is 0. The van der Waals surface area contributed by atoms with E-state index in [1.807, 2.05) is 0 Å². The Bertz CT molecular complexity index is 611. The maximum Gasteiger partial charge on any atom is 0.134 e. The van der Waals surface area contributed by atoms with Gasteiger partial charge in [0.25, 0.3) is 0 Å². The Balaban J connectivity index is 1.79. The van der Waals surface area contributed by atoms with Crippen LogP contribution in [0.15, 0.2) is 40.8 Å². The Morgan fingerprint density at radius 3 is 2.95 bits per heavy atom. The lowest BCUT2D eigenvalue weighted by atomic mass is 10.0. The summed E-state index contributed by atoms with van der Waals surface area (Å²) in [6, 6.07) is 9.04. The van der Waals surface area contributed by atoms with Crippen LogP contribution in [0.2, 0.25) is 0 Å². The lowest BCUT2D eigenvalue weighted by Crippen LogP contribution is -2.29. The Hall–Kier alpha value is -1.54. The molecule has 1 aliphatic carbocycles. The summed E-state index contributed by atoms with van der Waals surface area (Å²) in [6.45, 7) is 3.16. The quantitative estimate of drug-likeness (QED) is 0.757. The van der Waals surface area contributed by atoms with E-state index in [2.05, 4.69) is 48.7 Å². The van der Waals surface area contributed by atoms with E-state index in [1.54, 1.807) is 0 Å². The van der Waals surface area contributed by atoms with Gasteiger partial charge in [0.1, 0.15) is 11.3 Å². The predicted octanol–water partition coefficient (Wildman–Crippen LogP) is 4.97. The third kappa shape index (κ3) is 3.38. The number of hydrogen-bond donors (Lipinski definition) is 1. The van der Waals surface area contributed by atoms with E-state index in [0.717, 1.165) is 25.0 Å². The Morgan fingerprint density at radius 1 is 1.24 bits per heavy atom. The second kappa shape index (κ2) is 6.95. The zero-order valence-electron chi connectivity index (χ0n) is 12.9. The summed E-state index contributed by atoms with van der Waals surface area (Å²) in [5.41, 5.74) is 2.40. The monoisotopic (exact) mass is 283 g/mol. The smallest absolute Gasteiger partial charge is 0.134 e. The first-order valence-corrected chi connectivity index (χ1v) is 8.26. The van der Waals surface area contributed by atoms with Crippen LogP contribution >= 0.6 is 0 Å². The molecule has 0 aliphatic heterocycles. The molecular weight excluding hydrogens is 258 g/mol. The summed E-state index contributed by atoms with van der Waals surface area (Å²) < 4.78 is 6.09. The highest BCUT2D eigenvalue weighted by atomic mass is 16.3. The average Bonchev–Trinajstić information content (AvgIpc) is 2.89. The first-order chi connectivity index (χ1) is 10.4. The zero-order chi connectivity index (χ0) is 14.5. The lowest BCUT2D eigenvalue weighted by molar-refractivity contribution is 0.466. The fourth-order valence-corrected chi connectivity index (χ4v) is 3.11. The van der Waals surface area contributed by atoms with Crippen molar-refractivity contribution < 1.29 is 4.42 Å². The first-order valence-electron chi connectivity index (χ1n) is 8.26. The van der Waals surface area contributed by atoms with Crippen LogP contribution < -0.4 is 5.32 Å². The molecule has 1 unspecified atom stereocenters. The first kappa shape index (κ1) is 14.4. The molecule has 3 rings (SSSR count). The summed E-state index contributed by atoms with van der Waals surface area (Å²) in [5.74, 6) is 1.18. The minimum absolute atomic E-state index is 0.614. The fraction of sp³-hybridized carbons (Fsp3) is 0.474. The third-order valence-electron chi connectivity index (χ3n) is 4.38. The van der Waals surface area contributed by atoms with Crippen molar-refractivity contribution in [3.63, 3.8) is 0 Å². The van der Waals surface area contributed by atoms with E-state index in [-0.39, 0.29) is 0 Å². The molecule has 0 radical (unpaired) electrons. The van der Waals surface area contributed by atoms with Gasteiger partial charge >= 0.3 is 0 Å². The molecule has 21 heavy (non-hydrogen) atoms. The van der Waals surface area contributed by atoms with Crippen molar-refractivity contribution in [2.75, 3.05) is 0 Å². The highest BCUT2D eigenvalue weighted by Gasteiger charge is 2.15. The molecule has 1 aliphatic rings. The number of allylic oxidation sites excluding steroid dienone is 1. The van der Waals surface area contributed by atoms with Gasteiger partial charge in [-0.2, -0.15) is 0 Å². The van der Waals surface area contributed by atoms with E-state index in [0.29, 0.717) is 6.04 Å². The lowest BCUT2D eigenvalue weighted by Gasteiger charge is -2.19. The van der Waals surface area contributed by atoms with Crippen LogP contribution in [0.1, 0.15) is 50.4 Å². The zero-order valence-corrected chi connectivity index (χ0v) is 12.9. The van der Waals surface area contributed by atoms with Gasteiger partial charge in [0.05, 0.1) is 0 Å². The summed E-state index contributed by atoms with van der Waals surface area (Å²) in [5, 5.41) is 5.00. The molecule has 0 amide bonds. The van der Waals surface area contributed by atoms with Gasteiger partial charge in [-0.3, -0.25) is 0 Å². The van der Waals surface area contributed by atoms with E-state index in [1.165, 1.54) is 42.4 Å². The number of unbranched alkanes of at least 4 members (excludes halogenated alkanes) is 1. The Morgan fingerprint density at radius 2 is 2.14 bits per heavy atom. The highest BCUT2D eigenvalue weighted by molar-refractivity contribution is 5.82. The average molecular weight is 283 g/mol. The number of aryl methyl sites for hydroxylation is 1. The molecule has 0 saturated heterocycles. The molecule has 1 N–H and O–H groups in total. The van der Waals surface area contributed by atoms with Crippen molar-refractivity contribution in [1.82, 2.24) is 5.32 Å². The van der Waals surface area contributed by atoms with Gasteiger partial charge in [0.2, 0.25) is 0 Å². The van der Waals surface area contributed by atoms with Crippen LogP contribution in [0.3, 0.4) is 0 Å². The van der Waals surface area contributed by atoms with Gasteiger partial charge in [0, 0.05) is 30.0 Å².